The number of halogens is 2. The van der Waals surface area contributed by atoms with Crippen molar-refractivity contribution >= 4 is 41.4 Å². The molecule has 0 amide bonds. The van der Waals surface area contributed by atoms with Crippen LogP contribution in [0.25, 0.3) is 11.1 Å². The van der Waals surface area contributed by atoms with Crippen LogP contribution >= 0.6 is 23.2 Å². The van der Waals surface area contributed by atoms with Crippen LogP contribution in [0.15, 0.2) is 103 Å². The summed E-state index contributed by atoms with van der Waals surface area (Å²) in [5, 5.41) is 36.7. The van der Waals surface area contributed by atoms with Crippen molar-refractivity contribution in [3.63, 3.8) is 0 Å². The van der Waals surface area contributed by atoms with Gasteiger partial charge < -0.3 is 39.8 Å². The van der Waals surface area contributed by atoms with Gasteiger partial charge in [0.2, 0.25) is 0 Å². The number of rotatable bonds is 22. The Bertz CT molecular complexity index is 3030. The van der Waals surface area contributed by atoms with Crippen LogP contribution in [0.5, 0.6) is 23.0 Å². The van der Waals surface area contributed by atoms with E-state index < -0.39 is 23.8 Å². The molecule has 2 saturated carbocycles. The monoisotopic (exact) mass is 1020 g/mol. The van der Waals surface area contributed by atoms with E-state index in [9.17, 15) is 25.1 Å². The van der Waals surface area contributed by atoms with Gasteiger partial charge in [-0.05, 0) is 97.2 Å². The smallest absolute Gasteiger partial charge is 0.308 e. The van der Waals surface area contributed by atoms with Crippen molar-refractivity contribution in [2.24, 2.45) is 16.8 Å². The van der Waals surface area contributed by atoms with Crippen LogP contribution in [0, 0.1) is 37.0 Å². The minimum atomic E-state index is -0.807. The van der Waals surface area contributed by atoms with Gasteiger partial charge >= 0.3 is 11.9 Å². The van der Waals surface area contributed by atoms with Crippen LogP contribution in [0.4, 0.5) is 0 Å². The summed E-state index contributed by atoms with van der Waals surface area (Å²) in [6.07, 6.45) is 12.8. The van der Waals surface area contributed by atoms with Crippen molar-refractivity contribution in [2.45, 2.75) is 104 Å². The zero-order valence-electron chi connectivity index (χ0n) is 41.0. The minimum absolute atomic E-state index is 0.135. The number of hydrogen-bond donors (Lipinski definition) is 4. The molecule has 4 aromatic carbocycles. The maximum absolute atomic E-state index is 11.9. The number of carboxylic acid groups (broad SMARTS) is 2. The summed E-state index contributed by atoms with van der Waals surface area (Å²) in [4.78, 5) is 36.5. The first-order valence-electron chi connectivity index (χ1n) is 24.3. The Morgan fingerprint density at radius 3 is 1.62 bits per heavy atom. The minimum Gasteiger partial charge on any atom is -0.488 e. The standard InChI is InChI=1S/C57H58Cl2N6O8/c1-34-40(32-72-54-20-52(70-30-38-16-36(22-60)24-62-26-38)42(18-48(54)58)28-64-50-14-6-12-46(50)56(66)67)8-4-10-44(34)45-11-5-9-41(35(45)2)33-73-55-21-53(71-31-39-17-37(23-61-3)25-63-27-39)43(19-49(55)59)29-65-51-15-7-13-47(51)57(68)69/h4-5,8-11,16-21,23-27,46-47,50-51,64-65H,6-7,12-15,28-33H2,1-3H3,(H,66,67)(H,68,69)/b61-23+/t46-,47-,50+,51?/m0/s1. The van der Waals surface area contributed by atoms with Gasteiger partial charge in [-0.3, -0.25) is 24.5 Å². The number of ether oxygens (including phenoxy) is 4. The number of carboxylic acids is 2. The van der Waals surface area contributed by atoms with Gasteiger partial charge in [-0.15, -0.1) is 0 Å². The lowest BCUT2D eigenvalue weighted by Gasteiger charge is -2.21. The van der Waals surface area contributed by atoms with E-state index in [-0.39, 0.29) is 38.5 Å². The molecule has 0 radical (unpaired) electrons. The van der Waals surface area contributed by atoms with E-state index in [2.05, 4.69) is 57.6 Å². The van der Waals surface area contributed by atoms with Crippen LogP contribution in [0.2, 0.25) is 10.0 Å². The first-order chi connectivity index (χ1) is 35.4. The Labute approximate surface area is 435 Å². The molecule has 1 unspecified atom stereocenters. The molecular weight excluding hydrogens is 968 g/mol. The maximum Gasteiger partial charge on any atom is 0.308 e. The molecule has 6 aromatic rings. The van der Waals surface area contributed by atoms with E-state index >= 15 is 0 Å². The molecule has 4 atom stereocenters. The lowest BCUT2D eigenvalue weighted by molar-refractivity contribution is -0.143. The van der Waals surface area contributed by atoms with E-state index in [1.807, 2.05) is 36.4 Å². The predicted octanol–water partition coefficient (Wildman–Crippen LogP) is 11.0. The number of aliphatic imine (C=N–C) groups is 1. The molecule has 0 aliphatic heterocycles. The maximum atomic E-state index is 11.9. The zero-order valence-corrected chi connectivity index (χ0v) is 42.5. The second kappa shape index (κ2) is 24.6. The third-order valence-electron chi connectivity index (χ3n) is 13.8. The van der Waals surface area contributed by atoms with Crippen LogP contribution in [-0.2, 0) is 49.1 Å². The highest BCUT2D eigenvalue weighted by atomic mass is 35.5. The lowest BCUT2D eigenvalue weighted by Crippen LogP contribution is -2.35. The number of nitrogens with zero attached hydrogens (tertiary/aromatic N) is 4. The van der Waals surface area contributed by atoms with Gasteiger partial charge in [0, 0.05) is 103 Å². The fraction of sp³-hybridized carbons (Fsp3) is 0.333. The number of pyridine rings is 2. The van der Waals surface area contributed by atoms with Crippen molar-refractivity contribution < 1.29 is 38.7 Å². The first-order valence-corrected chi connectivity index (χ1v) is 25.1. The molecule has 0 spiro atoms. The number of benzene rings is 4. The summed E-state index contributed by atoms with van der Waals surface area (Å²) >= 11 is 13.8. The SMILES string of the molecule is C/N=C/c1cncc(COc2cc(OCc3cccc(-c4cccc(COc5cc(OCc6cncc(C#N)c6)c(CN[C@@H]6CCC[C@@H]6C(=O)O)cc5Cl)c4C)c3C)c(Cl)cc2CNC2CCC[C@@H]2C(=O)O)c1. The molecule has 0 bridgehead atoms. The van der Waals surface area contributed by atoms with Crippen LogP contribution < -0.4 is 29.6 Å². The van der Waals surface area contributed by atoms with Crippen LogP contribution in [0.1, 0.15) is 94.2 Å². The van der Waals surface area contributed by atoms with Gasteiger partial charge in [0.05, 0.1) is 27.4 Å². The third-order valence-corrected chi connectivity index (χ3v) is 14.4. The second-order valence-electron chi connectivity index (χ2n) is 18.5. The van der Waals surface area contributed by atoms with Gasteiger partial charge in [0.15, 0.2) is 0 Å². The molecule has 2 aliphatic carbocycles. The molecule has 73 heavy (non-hydrogen) atoms. The van der Waals surface area contributed by atoms with E-state index in [0.717, 1.165) is 81.3 Å². The summed E-state index contributed by atoms with van der Waals surface area (Å²) < 4.78 is 25.7. The van der Waals surface area contributed by atoms with Crippen molar-refractivity contribution in [2.75, 3.05) is 7.05 Å². The van der Waals surface area contributed by atoms with Gasteiger partial charge in [-0.2, -0.15) is 5.26 Å². The van der Waals surface area contributed by atoms with Gasteiger partial charge in [-0.1, -0.05) is 72.4 Å². The molecular formula is C57H58Cl2N6O8. The third kappa shape index (κ3) is 13.2. The van der Waals surface area contributed by atoms with Crippen molar-refractivity contribution in [1.29, 1.82) is 5.26 Å². The topological polar surface area (TPSA) is 198 Å². The molecule has 378 valence electrons. The fourth-order valence-corrected chi connectivity index (χ4v) is 10.2. The number of aromatic nitrogens is 2. The average molecular weight is 1030 g/mol. The number of nitrogens with one attached hydrogen (secondary N) is 2. The van der Waals surface area contributed by atoms with E-state index in [4.69, 9.17) is 42.1 Å². The molecule has 8 rings (SSSR count). The molecule has 14 nitrogen and oxygen atoms in total. The highest BCUT2D eigenvalue weighted by Crippen LogP contribution is 2.38. The first kappa shape index (κ1) is 52.3. The Morgan fingerprint density at radius 2 is 1.14 bits per heavy atom. The number of carbonyl (C=O) groups is 2. The largest absolute Gasteiger partial charge is 0.488 e. The predicted molar refractivity (Wildman–Crippen MR) is 279 cm³/mol. The van der Waals surface area contributed by atoms with Crippen molar-refractivity contribution in [3.05, 3.63) is 163 Å². The summed E-state index contributed by atoms with van der Waals surface area (Å²) in [5.74, 6) is -0.600. The van der Waals surface area contributed by atoms with Gasteiger partial charge in [0.1, 0.15) is 55.5 Å². The van der Waals surface area contributed by atoms with Crippen molar-refractivity contribution in [3.8, 4) is 40.2 Å². The highest BCUT2D eigenvalue weighted by molar-refractivity contribution is 6.32. The Morgan fingerprint density at radius 1 is 0.658 bits per heavy atom. The highest BCUT2D eigenvalue weighted by Gasteiger charge is 2.34. The quantitative estimate of drug-likeness (QED) is 0.0469. The summed E-state index contributed by atoms with van der Waals surface area (Å²) in [7, 11) is 1.70. The van der Waals surface area contributed by atoms with E-state index in [1.165, 1.54) is 6.20 Å². The molecule has 0 saturated heterocycles. The fourth-order valence-electron chi connectivity index (χ4n) is 9.73. The Balaban J connectivity index is 0.985. The van der Waals surface area contributed by atoms with E-state index in [0.29, 0.717) is 70.1 Å². The molecule has 16 heteroatoms. The van der Waals surface area contributed by atoms with Crippen LogP contribution in [0.3, 0.4) is 0 Å². The lowest BCUT2D eigenvalue weighted by atomic mass is 9.92. The van der Waals surface area contributed by atoms with Crippen molar-refractivity contribution in [1.82, 2.24) is 20.6 Å². The van der Waals surface area contributed by atoms with Gasteiger partial charge in [-0.25, -0.2) is 0 Å². The summed E-state index contributed by atoms with van der Waals surface area (Å²) in [6, 6.07) is 24.8. The molecule has 2 aromatic heterocycles. The Kier molecular flexibility index (Phi) is 17.6. The number of hydrogen-bond acceptors (Lipinski definition) is 12. The summed E-state index contributed by atoms with van der Waals surface area (Å²) in [5.41, 5.74) is 10.4. The van der Waals surface area contributed by atoms with Gasteiger partial charge in [0.25, 0.3) is 0 Å². The second-order valence-corrected chi connectivity index (χ2v) is 19.4. The molecule has 2 aliphatic rings. The number of aliphatic carboxylic acids is 2. The zero-order chi connectivity index (χ0) is 51.4. The molecule has 2 fully saturated rings. The molecule has 2 heterocycles. The normalized spacial score (nSPS) is 17.4. The number of nitriles is 1. The molecule has 4 N–H and O–H groups in total. The average Bonchev–Trinajstić information content (AvgIpc) is 4.08. The Hall–Kier alpha value is -7.02. The summed E-state index contributed by atoms with van der Waals surface area (Å²) in [6.45, 7) is 5.61. The van der Waals surface area contributed by atoms with Crippen LogP contribution in [-0.4, -0.2) is 57.5 Å². The van der Waals surface area contributed by atoms with E-state index in [1.54, 1.807) is 56.1 Å².